The molecular formula is C20H18FNO3S. The molecule has 0 bridgehead atoms. The fraction of sp³-hybridized carbons (Fsp3) is 0.150. The van der Waals surface area contributed by atoms with Crippen LogP contribution in [-0.2, 0) is 15.6 Å². The Bertz CT molecular complexity index is 962. The minimum absolute atomic E-state index is 0.0378. The van der Waals surface area contributed by atoms with Crippen LogP contribution in [0.3, 0.4) is 0 Å². The highest BCUT2D eigenvalue weighted by molar-refractivity contribution is 7.84. The van der Waals surface area contributed by atoms with E-state index >= 15 is 0 Å². The molecule has 1 atom stereocenters. The van der Waals surface area contributed by atoms with Gasteiger partial charge in [-0.3, -0.25) is 14.2 Å². The van der Waals surface area contributed by atoms with Gasteiger partial charge in [-0.25, -0.2) is 9.87 Å². The number of benzene rings is 2. The second-order valence-corrected chi connectivity index (χ2v) is 7.47. The zero-order valence-corrected chi connectivity index (χ0v) is 15.2. The monoisotopic (exact) mass is 371 g/mol. The highest BCUT2D eigenvalue weighted by Crippen LogP contribution is 2.43. The van der Waals surface area contributed by atoms with Crippen LogP contribution in [0.5, 0.6) is 0 Å². The number of hydrogen-bond donors (Lipinski definition) is 2. The molecule has 2 aromatic rings. The number of carbonyl (C=O) groups is 1. The molecule has 1 aliphatic rings. The Kier molecular flexibility index (Phi) is 5.15. The molecule has 1 unspecified atom stereocenters. The number of fused-ring (bicyclic) bond motifs is 1. The van der Waals surface area contributed by atoms with Crippen molar-refractivity contribution in [3.05, 3.63) is 70.5 Å². The third-order valence-corrected chi connectivity index (χ3v) is 5.37. The molecular weight excluding hydrogens is 353 g/mol. The van der Waals surface area contributed by atoms with Gasteiger partial charge in [0.1, 0.15) is 5.82 Å². The van der Waals surface area contributed by atoms with E-state index in [1.54, 1.807) is 17.8 Å². The van der Waals surface area contributed by atoms with Gasteiger partial charge in [0.2, 0.25) is 5.91 Å². The van der Waals surface area contributed by atoms with Gasteiger partial charge in [-0.15, -0.1) is 0 Å². The largest absolute Gasteiger partial charge is 0.289 e. The number of halogens is 1. The number of rotatable bonds is 4. The van der Waals surface area contributed by atoms with E-state index in [0.717, 1.165) is 27.2 Å². The first-order valence-electron chi connectivity index (χ1n) is 7.99. The molecule has 2 aromatic carbocycles. The van der Waals surface area contributed by atoms with E-state index in [4.69, 9.17) is 5.21 Å². The lowest BCUT2D eigenvalue weighted by atomic mass is 10.0. The van der Waals surface area contributed by atoms with E-state index in [2.05, 4.69) is 0 Å². The van der Waals surface area contributed by atoms with Crippen molar-refractivity contribution < 1.29 is 18.6 Å². The third kappa shape index (κ3) is 3.52. The SMILES string of the molecule is CC1=C(CC(=O)NO)c2cc(F)ccc2C1=Cc1ccc(S(C)=O)cc1. The Morgan fingerprint density at radius 2 is 1.88 bits per heavy atom. The van der Waals surface area contributed by atoms with Crippen LogP contribution in [0.25, 0.3) is 17.2 Å². The predicted octanol–water partition coefficient (Wildman–Crippen LogP) is 3.79. The first-order valence-corrected chi connectivity index (χ1v) is 9.55. The summed E-state index contributed by atoms with van der Waals surface area (Å²) in [6.45, 7) is 1.87. The van der Waals surface area contributed by atoms with Gasteiger partial charge in [0, 0.05) is 22.0 Å². The summed E-state index contributed by atoms with van der Waals surface area (Å²) in [5, 5.41) is 8.82. The molecule has 0 spiro atoms. The fourth-order valence-corrected chi connectivity index (χ4v) is 3.62. The maximum atomic E-state index is 13.7. The maximum absolute atomic E-state index is 13.7. The van der Waals surface area contributed by atoms with Crippen molar-refractivity contribution in [3.63, 3.8) is 0 Å². The molecule has 0 saturated heterocycles. The number of carbonyl (C=O) groups excluding carboxylic acids is 1. The third-order valence-electron chi connectivity index (χ3n) is 4.44. The van der Waals surface area contributed by atoms with E-state index in [1.165, 1.54) is 12.1 Å². The predicted molar refractivity (Wildman–Crippen MR) is 100 cm³/mol. The minimum atomic E-state index is -1.04. The van der Waals surface area contributed by atoms with Crippen LogP contribution in [-0.4, -0.2) is 21.6 Å². The van der Waals surface area contributed by atoms with Crippen LogP contribution < -0.4 is 5.48 Å². The van der Waals surface area contributed by atoms with Crippen LogP contribution in [0.2, 0.25) is 0 Å². The maximum Gasteiger partial charge on any atom is 0.247 e. The van der Waals surface area contributed by atoms with E-state index in [1.807, 2.05) is 37.3 Å². The highest BCUT2D eigenvalue weighted by atomic mass is 32.2. The standard InChI is InChI=1S/C20H18FNO3S/c1-12-17(9-13-3-6-15(7-4-13)26(2)25)16-8-5-14(21)10-19(16)18(12)11-20(23)22-24/h3-10,24H,11H2,1-2H3,(H,22,23). The van der Waals surface area contributed by atoms with E-state index in [0.29, 0.717) is 11.1 Å². The summed E-state index contributed by atoms with van der Waals surface area (Å²) in [5.74, 6) is -0.930. The molecule has 0 aromatic heterocycles. The molecule has 0 fully saturated rings. The van der Waals surface area contributed by atoms with Crippen LogP contribution in [0, 0.1) is 5.82 Å². The van der Waals surface area contributed by atoms with E-state index < -0.39 is 16.7 Å². The van der Waals surface area contributed by atoms with Gasteiger partial charge in [-0.2, -0.15) is 0 Å². The van der Waals surface area contributed by atoms with Gasteiger partial charge in [0.15, 0.2) is 0 Å². The van der Waals surface area contributed by atoms with Gasteiger partial charge >= 0.3 is 0 Å². The number of hydroxylamine groups is 1. The van der Waals surface area contributed by atoms with E-state index in [9.17, 15) is 13.4 Å². The van der Waals surface area contributed by atoms with Gasteiger partial charge in [-0.1, -0.05) is 18.2 Å². The fourth-order valence-electron chi connectivity index (χ4n) is 3.10. The summed E-state index contributed by atoms with van der Waals surface area (Å²) < 4.78 is 25.3. The molecule has 1 amide bonds. The molecule has 1 aliphatic carbocycles. The molecule has 26 heavy (non-hydrogen) atoms. The van der Waals surface area contributed by atoms with Crippen molar-refractivity contribution >= 4 is 33.9 Å². The van der Waals surface area contributed by atoms with Crippen LogP contribution in [0.1, 0.15) is 30.0 Å². The highest BCUT2D eigenvalue weighted by Gasteiger charge is 2.25. The zero-order valence-electron chi connectivity index (χ0n) is 14.4. The van der Waals surface area contributed by atoms with Crippen molar-refractivity contribution in [3.8, 4) is 0 Å². The Morgan fingerprint density at radius 1 is 1.19 bits per heavy atom. The Balaban J connectivity index is 2.08. The zero-order chi connectivity index (χ0) is 18.8. The lowest BCUT2D eigenvalue weighted by Crippen LogP contribution is -2.18. The van der Waals surface area contributed by atoms with Crippen LogP contribution in [0.4, 0.5) is 4.39 Å². The number of nitrogens with one attached hydrogen (secondary N) is 1. The summed E-state index contributed by atoms with van der Waals surface area (Å²) in [4.78, 5) is 12.4. The smallest absolute Gasteiger partial charge is 0.247 e. The van der Waals surface area contributed by atoms with E-state index in [-0.39, 0.29) is 12.2 Å². The van der Waals surface area contributed by atoms with Crippen molar-refractivity contribution in [2.24, 2.45) is 0 Å². The quantitative estimate of drug-likeness (QED) is 0.635. The molecule has 2 N–H and O–H groups in total. The normalized spacial score (nSPS) is 15.9. The Hall–Kier alpha value is -2.57. The number of amides is 1. The summed E-state index contributed by atoms with van der Waals surface area (Å²) in [6, 6.07) is 11.8. The summed E-state index contributed by atoms with van der Waals surface area (Å²) in [6.07, 6.45) is 3.54. The summed E-state index contributed by atoms with van der Waals surface area (Å²) in [5.41, 5.74) is 6.47. The van der Waals surface area contributed by atoms with Crippen molar-refractivity contribution in [2.45, 2.75) is 18.2 Å². The Morgan fingerprint density at radius 3 is 2.50 bits per heavy atom. The van der Waals surface area contributed by atoms with Gasteiger partial charge < -0.3 is 0 Å². The number of hydrogen-bond acceptors (Lipinski definition) is 3. The molecule has 0 heterocycles. The van der Waals surface area contributed by atoms with Gasteiger partial charge in [-0.05, 0) is 70.7 Å². The number of allylic oxidation sites excluding steroid dienone is 2. The molecule has 3 rings (SSSR count). The van der Waals surface area contributed by atoms with Gasteiger partial charge in [0.05, 0.1) is 6.42 Å². The molecule has 0 saturated carbocycles. The molecule has 0 aliphatic heterocycles. The average molecular weight is 371 g/mol. The lowest BCUT2D eigenvalue weighted by molar-refractivity contribution is -0.128. The summed E-state index contributed by atoms with van der Waals surface area (Å²) >= 11 is 0. The first kappa shape index (κ1) is 18.2. The average Bonchev–Trinajstić information content (AvgIpc) is 2.87. The Labute approximate surface area is 153 Å². The second-order valence-electron chi connectivity index (χ2n) is 6.09. The summed E-state index contributed by atoms with van der Waals surface area (Å²) in [7, 11) is -1.04. The minimum Gasteiger partial charge on any atom is -0.289 e. The molecule has 134 valence electrons. The molecule has 6 heteroatoms. The second kappa shape index (κ2) is 7.35. The van der Waals surface area contributed by atoms with Crippen molar-refractivity contribution in [2.75, 3.05) is 6.26 Å². The lowest BCUT2D eigenvalue weighted by Gasteiger charge is -2.05. The van der Waals surface area contributed by atoms with Crippen LogP contribution in [0.15, 0.2) is 52.9 Å². The van der Waals surface area contributed by atoms with Gasteiger partial charge in [0.25, 0.3) is 0 Å². The topological polar surface area (TPSA) is 66.4 Å². The molecule has 4 nitrogen and oxygen atoms in total. The van der Waals surface area contributed by atoms with Crippen molar-refractivity contribution in [1.82, 2.24) is 5.48 Å². The van der Waals surface area contributed by atoms with Crippen molar-refractivity contribution in [1.29, 1.82) is 0 Å². The van der Waals surface area contributed by atoms with Crippen LogP contribution >= 0.6 is 0 Å². The first-order chi connectivity index (χ1) is 12.4. The molecule has 0 radical (unpaired) electrons.